The van der Waals surface area contributed by atoms with Gasteiger partial charge in [-0.05, 0) is 32.8 Å². The van der Waals surface area contributed by atoms with Crippen molar-refractivity contribution in [3.8, 4) is 0 Å². The summed E-state index contributed by atoms with van der Waals surface area (Å²) in [6.45, 7) is 3.80. The summed E-state index contributed by atoms with van der Waals surface area (Å²) >= 11 is 0. The fourth-order valence-corrected chi connectivity index (χ4v) is 2.14. The summed E-state index contributed by atoms with van der Waals surface area (Å²) in [5.41, 5.74) is 0.977. The second kappa shape index (κ2) is 2.87. The van der Waals surface area contributed by atoms with Crippen LogP contribution in [-0.4, -0.2) is 11.1 Å². The minimum Gasteiger partial charge on any atom is -0.481 e. The van der Waals surface area contributed by atoms with Crippen LogP contribution < -0.4 is 0 Å². The number of carboxylic acid groups (broad SMARTS) is 1. The van der Waals surface area contributed by atoms with Crippen LogP contribution in [0.25, 0.3) is 0 Å². The lowest BCUT2D eigenvalue weighted by molar-refractivity contribution is -0.137. The van der Waals surface area contributed by atoms with Crippen LogP contribution in [0.2, 0.25) is 0 Å². The predicted molar refractivity (Wildman–Crippen MR) is 51.3 cm³/mol. The fourth-order valence-electron chi connectivity index (χ4n) is 2.14. The van der Waals surface area contributed by atoms with E-state index in [9.17, 15) is 4.79 Å². The van der Waals surface area contributed by atoms with Gasteiger partial charge in [0.25, 0.3) is 0 Å². The predicted octanol–water partition coefficient (Wildman–Crippen LogP) is 2.40. The van der Waals surface area contributed by atoms with Gasteiger partial charge in [0.2, 0.25) is 0 Å². The van der Waals surface area contributed by atoms with E-state index in [0.29, 0.717) is 0 Å². The third-order valence-corrected chi connectivity index (χ3v) is 2.96. The van der Waals surface area contributed by atoms with Crippen molar-refractivity contribution in [2.45, 2.75) is 38.5 Å². The van der Waals surface area contributed by atoms with Crippen LogP contribution in [-0.2, 0) is 10.2 Å². The maximum atomic E-state index is 10.7. The molecule has 1 heterocycles. The zero-order chi connectivity index (χ0) is 10.3. The Labute approximate surface area is 82.7 Å². The van der Waals surface area contributed by atoms with Crippen molar-refractivity contribution in [2.75, 3.05) is 0 Å². The Kier molecular flexibility index (Phi) is 1.91. The van der Waals surface area contributed by atoms with E-state index in [1.54, 1.807) is 0 Å². The summed E-state index contributed by atoms with van der Waals surface area (Å²) in [6.07, 6.45) is 2.17. The molecule has 1 aromatic rings. The van der Waals surface area contributed by atoms with E-state index in [1.807, 2.05) is 19.9 Å². The van der Waals surface area contributed by atoms with Gasteiger partial charge < -0.3 is 9.52 Å². The highest BCUT2D eigenvalue weighted by Crippen LogP contribution is 2.52. The summed E-state index contributed by atoms with van der Waals surface area (Å²) in [6, 6.07) is 1.98. The molecule has 3 heteroatoms. The number of furan rings is 1. The highest BCUT2D eigenvalue weighted by atomic mass is 16.4. The van der Waals surface area contributed by atoms with E-state index in [-0.39, 0.29) is 11.8 Å². The molecule has 1 aliphatic carbocycles. The van der Waals surface area contributed by atoms with Gasteiger partial charge in [0.15, 0.2) is 0 Å². The van der Waals surface area contributed by atoms with Gasteiger partial charge in [-0.15, -0.1) is 0 Å². The van der Waals surface area contributed by atoms with Crippen LogP contribution in [0.15, 0.2) is 10.5 Å². The molecule has 0 unspecified atom stereocenters. The Morgan fingerprint density at radius 2 is 2.21 bits per heavy atom. The number of rotatable bonds is 3. The van der Waals surface area contributed by atoms with Gasteiger partial charge in [-0.2, -0.15) is 0 Å². The van der Waals surface area contributed by atoms with Gasteiger partial charge in [-0.1, -0.05) is 0 Å². The molecule has 2 rings (SSSR count). The quantitative estimate of drug-likeness (QED) is 0.803. The summed E-state index contributed by atoms with van der Waals surface area (Å²) < 4.78 is 5.43. The van der Waals surface area contributed by atoms with E-state index >= 15 is 0 Å². The zero-order valence-electron chi connectivity index (χ0n) is 8.46. The van der Waals surface area contributed by atoms with Gasteiger partial charge in [0, 0.05) is 11.0 Å². The van der Waals surface area contributed by atoms with Crippen molar-refractivity contribution in [3.05, 3.63) is 23.2 Å². The normalized spacial score (nSPS) is 18.1. The second-order valence-electron chi connectivity index (χ2n) is 4.18. The van der Waals surface area contributed by atoms with Gasteiger partial charge >= 0.3 is 5.97 Å². The van der Waals surface area contributed by atoms with Crippen LogP contribution in [0.1, 0.15) is 36.3 Å². The van der Waals surface area contributed by atoms with Crippen LogP contribution in [0.5, 0.6) is 0 Å². The van der Waals surface area contributed by atoms with Crippen LogP contribution in [0.3, 0.4) is 0 Å². The first-order chi connectivity index (χ1) is 6.53. The molecule has 0 bridgehead atoms. The molecule has 3 nitrogen and oxygen atoms in total. The molecule has 0 amide bonds. The first kappa shape index (κ1) is 9.31. The number of hydrogen-bond acceptors (Lipinski definition) is 2. The summed E-state index contributed by atoms with van der Waals surface area (Å²) in [7, 11) is 0. The topological polar surface area (TPSA) is 50.4 Å². The molecule has 1 aliphatic rings. The van der Waals surface area contributed by atoms with Crippen LogP contribution >= 0.6 is 0 Å². The van der Waals surface area contributed by atoms with E-state index in [1.165, 1.54) is 0 Å². The molecule has 1 aromatic heterocycles. The van der Waals surface area contributed by atoms with E-state index in [4.69, 9.17) is 9.52 Å². The minimum atomic E-state index is -0.722. The Bertz CT molecular complexity index is 372. The number of hydrogen-bond donors (Lipinski definition) is 1. The second-order valence-corrected chi connectivity index (χ2v) is 4.18. The summed E-state index contributed by atoms with van der Waals surface area (Å²) in [4.78, 5) is 10.7. The fraction of sp³-hybridized carbons (Fsp3) is 0.545. The summed E-state index contributed by atoms with van der Waals surface area (Å²) in [5, 5.41) is 8.82. The Morgan fingerprint density at radius 1 is 1.57 bits per heavy atom. The molecule has 0 aromatic carbocycles. The number of carboxylic acids is 1. The minimum absolute atomic E-state index is 0.117. The van der Waals surface area contributed by atoms with Gasteiger partial charge in [0.1, 0.15) is 11.5 Å². The van der Waals surface area contributed by atoms with Crippen molar-refractivity contribution < 1.29 is 14.3 Å². The molecule has 0 atom stereocenters. The monoisotopic (exact) mass is 194 g/mol. The standard InChI is InChI=1S/C11H14O3/c1-7-5-9(8(2)14-7)11(3-4-11)6-10(12)13/h5H,3-4,6H2,1-2H3,(H,12,13). The molecule has 0 radical (unpaired) electrons. The molecular weight excluding hydrogens is 180 g/mol. The number of carbonyl (C=O) groups is 1. The molecule has 14 heavy (non-hydrogen) atoms. The smallest absolute Gasteiger partial charge is 0.304 e. The van der Waals surface area contributed by atoms with Crippen molar-refractivity contribution in [3.63, 3.8) is 0 Å². The lowest BCUT2D eigenvalue weighted by atomic mass is 9.93. The first-order valence-corrected chi connectivity index (χ1v) is 4.83. The maximum absolute atomic E-state index is 10.7. The van der Waals surface area contributed by atoms with Crippen molar-refractivity contribution >= 4 is 5.97 Å². The van der Waals surface area contributed by atoms with Crippen LogP contribution in [0.4, 0.5) is 0 Å². The molecule has 0 spiro atoms. The first-order valence-electron chi connectivity index (χ1n) is 4.83. The number of aliphatic carboxylic acids is 1. The van der Waals surface area contributed by atoms with E-state index < -0.39 is 5.97 Å². The van der Waals surface area contributed by atoms with E-state index in [0.717, 1.165) is 29.9 Å². The maximum Gasteiger partial charge on any atom is 0.304 e. The molecule has 0 saturated heterocycles. The largest absolute Gasteiger partial charge is 0.481 e. The average Bonchev–Trinajstić information content (AvgIpc) is 2.72. The van der Waals surface area contributed by atoms with Crippen molar-refractivity contribution in [1.82, 2.24) is 0 Å². The third kappa shape index (κ3) is 1.43. The Morgan fingerprint density at radius 3 is 2.57 bits per heavy atom. The Balaban J connectivity index is 2.30. The van der Waals surface area contributed by atoms with Gasteiger partial charge in [-0.25, -0.2) is 0 Å². The average molecular weight is 194 g/mol. The third-order valence-electron chi connectivity index (χ3n) is 2.96. The van der Waals surface area contributed by atoms with Crippen molar-refractivity contribution in [1.29, 1.82) is 0 Å². The van der Waals surface area contributed by atoms with Crippen LogP contribution in [0, 0.1) is 13.8 Å². The highest BCUT2D eigenvalue weighted by molar-refractivity contribution is 5.70. The number of aryl methyl sites for hydroxylation is 2. The molecule has 1 N–H and O–H groups in total. The molecule has 1 saturated carbocycles. The lowest BCUT2D eigenvalue weighted by Gasteiger charge is -2.10. The SMILES string of the molecule is Cc1cc(C2(CC(=O)O)CC2)c(C)o1. The molecule has 1 fully saturated rings. The lowest BCUT2D eigenvalue weighted by Crippen LogP contribution is -2.13. The highest BCUT2D eigenvalue weighted by Gasteiger charge is 2.47. The Hall–Kier alpha value is -1.25. The van der Waals surface area contributed by atoms with Gasteiger partial charge in [0.05, 0.1) is 6.42 Å². The molecule has 76 valence electrons. The van der Waals surface area contributed by atoms with E-state index in [2.05, 4.69) is 0 Å². The molecular formula is C11H14O3. The summed E-state index contributed by atoms with van der Waals surface area (Å²) in [5.74, 6) is 1.02. The van der Waals surface area contributed by atoms with Crippen molar-refractivity contribution in [2.24, 2.45) is 0 Å². The van der Waals surface area contributed by atoms with Gasteiger partial charge in [-0.3, -0.25) is 4.79 Å². The molecule has 0 aliphatic heterocycles. The zero-order valence-corrected chi connectivity index (χ0v) is 8.46.